The van der Waals surface area contributed by atoms with Crippen molar-refractivity contribution in [2.75, 3.05) is 12.8 Å². The largest absolute Gasteiger partial charge is 0.270 e. The second kappa shape index (κ2) is 11.6. The summed E-state index contributed by atoms with van der Waals surface area (Å²) in [7, 11) is 4.46. The van der Waals surface area contributed by atoms with E-state index in [9.17, 15) is 0 Å². The Labute approximate surface area is 117 Å². The fourth-order valence-corrected chi connectivity index (χ4v) is 2.12. The van der Waals surface area contributed by atoms with Crippen LogP contribution < -0.4 is 0 Å². The van der Waals surface area contributed by atoms with Crippen molar-refractivity contribution < 1.29 is 0 Å². The lowest BCUT2D eigenvalue weighted by atomic mass is 10.1. The van der Waals surface area contributed by atoms with Crippen LogP contribution in [0.3, 0.4) is 0 Å². The van der Waals surface area contributed by atoms with E-state index in [2.05, 4.69) is 30.3 Å². The summed E-state index contributed by atoms with van der Waals surface area (Å²) in [6.07, 6.45) is 6.74. The van der Waals surface area contributed by atoms with Crippen LogP contribution in [0.25, 0.3) is 0 Å². The molecule has 1 atom stereocenters. The molecular formula is C13H24N3PS. The van der Waals surface area contributed by atoms with Gasteiger partial charge in [-0.05, 0) is 26.7 Å². The van der Waals surface area contributed by atoms with Gasteiger partial charge in [-0.3, -0.25) is 9.98 Å². The second-order valence-corrected chi connectivity index (χ2v) is 5.56. The maximum absolute atomic E-state index is 4.68. The van der Waals surface area contributed by atoms with Gasteiger partial charge in [-0.15, -0.1) is 11.4 Å². The van der Waals surface area contributed by atoms with Gasteiger partial charge in [-0.2, -0.15) is 0 Å². The molecule has 102 valence electrons. The topological polar surface area (TPSA) is 37.1 Å². The smallest absolute Gasteiger partial charge is 0.151 e. The summed E-state index contributed by atoms with van der Waals surface area (Å²) < 4.78 is 0. The van der Waals surface area contributed by atoms with E-state index in [-0.39, 0.29) is 0 Å². The van der Waals surface area contributed by atoms with Crippen molar-refractivity contribution in [1.82, 2.24) is 0 Å². The molecule has 0 aromatic rings. The quantitative estimate of drug-likeness (QED) is 0.393. The first kappa shape index (κ1) is 17.5. The Hall–Kier alpha value is -0.470. The first-order valence-corrected chi connectivity index (χ1v) is 8.65. The summed E-state index contributed by atoms with van der Waals surface area (Å²) >= 11 is 1.77. The minimum Gasteiger partial charge on any atom is -0.270 e. The van der Waals surface area contributed by atoms with Gasteiger partial charge in [0.25, 0.3) is 0 Å². The molecule has 0 spiro atoms. The van der Waals surface area contributed by atoms with Crippen LogP contribution >= 0.6 is 19.8 Å². The fraction of sp³-hybridized carbons (Fsp3) is 0.615. The Morgan fingerprint density at radius 1 is 1.33 bits per heavy atom. The molecule has 1 unspecified atom stereocenters. The SMILES string of the molecule is C\C=N/C=C(C)/C(=N/C)/N=C(\CCC)CCSP. The molecule has 0 rings (SSSR count). The highest BCUT2D eigenvalue weighted by atomic mass is 32.7. The predicted molar refractivity (Wildman–Crippen MR) is 90.4 cm³/mol. The van der Waals surface area contributed by atoms with E-state index in [0.29, 0.717) is 0 Å². The lowest BCUT2D eigenvalue weighted by Gasteiger charge is -2.06. The van der Waals surface area contributed by atoms with Gasteiger partial charge in [0.05, 0.1) is 0 Å². The standard InChI is InChI=1S/C13H24N3PS/c1-5-7-12(8-9-18-17)16-13(14-4)11(3)10-15-6-2/h6,10H,5,7-9,17H2,1-4H3/b11-10+,14-13-,15-6-,16-12+. The summed E-state index contributed by atoms with van der Waals surface area (Å²) in [6.45, 7) is 6.07. The second-order valence-electron chi connectivity index (χ2n) is 3.82. The molecule has 0 bridgehead atoms. The zero-order valence-electron chi connectivity index (χ0n) is 11.8. The highest BCUT2D eigenvalue weighted by Gasteiger charge is 2.03. The third kappa shape index (κ3) is 7.78. The van der Waals surface area contributed by atoms with Gasteiger partial charge in [0, 0.05) is 36.5 Å². The Morgan fingerprint density at radius 3 is 2.56 bits per heavy atom. The molecular weight excluding hydrogens is 261 g/mol. The third-order valence-electron chi connectivity index (χ3n) is 2.29. The summed E-state index contributed by atoms with van der Waals surface area (Å²) in [5.41, 5.74) is 2.23. The van der Waals surface area contributed by atoms with Crippen LogP contribution in [0.4, 0.5) is 0 Å². The summed E-state index contributed by atoms with van der Waals surface area (Å²) in [5, 5.41) is 0. The van der Waals surface area contributed by atoms with Crippen molar-refractivity contribution in [3.05, 3.63) is 11.8 Å². The Bertz CT molecular complexity index is 346. The summed E-state index contributed by atoms with van der Waals surface area (Å²) in [6, 6.07) is 0. The van der Waals surface area contributed by atoms with Crippen LogP contribution in [-0.4, -0.2) is 30.6 Å². The molecule has 0 saturated carbocycles. The van der Waals surface area contributed by atoms with E-state index in [4.69, 9.17) is 0 Å². The van der Waals surface area contributed by atoms with Crippen molar-refractivity contribution in [2.45, 2.75) is 40.0 Å². The molecule has 0 saturated heterocycles. The van der Waals surface area contributed by atoms with E-state index in [1.165, 1.54) is 5.71 Å². The van der Waals surface area contributed by atoms with Gasteiger partial charge in [0.15, 0.2) is 5.84 Å². The minimum absolute atomic E-state index is 0.790. The van der Waals surface area contributed by atoms with Crippen molar-refractivity contribution in [3.8, 4) is 0 Å². The Balaban J connectivity index is 4.91. The highest BCUT2D eigenvalue weighted by molar-refractivity contribution is 8.43. The van der Waals surface area contributed by atoms with Gasteiger partial charge < -0.3 is 0 Å². The van der Waals surface area contributed by atoms with Crippen LogP contribution in [0, 0.1) is 0 Å². The average Bonchev–Trinajstić information content (AvgIpc) is 2.39. The molecule has 0 aromatic heterocycles. The third-order valence-corrected chi connectivity index (χ3v) is 3.44. The number of aliphatic imine (C=N–C) groups is 3. The van der Waals surface area contributed by atoms with Gasteiger partial charge in [0.1, 0.15) is 0 Å². The normalized spacial score (nSPS) is 14.6. The van der Waals surface area contributed by atoms with E-state index in [1.54, 1.807) is 30.8 Å². The zero-order chi connectivity index (χ0) is 13.8. The predicted octanol–water partition coefficient (Wildman–Crippen LogP) is 4.16. The Kier molecular flexibility index (Phi) is 11.3. The number of hydrogen-bond acceptors (Lipinski definition) is 3. The zero-order valence-corrected chi connectivity index (χ0v) is 13.8. The van der Waals surface area contributed by atoms with Gasteiger partial charge in [-0.1, -0.05) is 21.8 Å². The average molecular weight is 285 g/mol. The number of hydrogen-bond donors (Lipinski definition) is 0. The van der Waals surface area contributed by atoms with Crippen LogP contribution in [0.5, 0.6) is 0 Å². The van der Waals surface area contributed by atoms with Crippen LogP contribution in [0.2, 0.25) is 0 Å². The lowest BCUT2D eigenvalue weighted by Crippen LogP contribution is -2.06. The first-order chi connectivity index (χ1) is 8.69. The van der Waals surface area contributed by atoms with E-state index in [0.717, 1.165) is 36.4 Å². The van der Waals surface area contributed by atoms with Gasteiger partial charge in [0.2, 0.25) is 0 Å². The molecule has 0 aromatic carbocycles. The van der Waals surface area contributed by atoms with Gasteiger partial charge >= 0.3 is 0 Å². The molecule has 5 heteroatoms. The molecule has 18 heavy (non-hydrogen) atoms. The fourth-order valence-electron chi connectivity index (χ4n) is 1.41. The molecule has 0 amide bonds. The monoisotopic (exact) mass is 285 g/mol. The molecule has 0 aliphatic rings. The van der Waals surface area contributed by atoms with Crippen molar-refractivity contribution >= 4 is 37.6 Å². The van der Waals surface area contributed by atoms with Crippen molar-refractivity contribution in [1.29, 1.82) is 0 Å². The molecule has 0 aliphatic carbocycles. The maximum Gasteiger partial charge on any atom is 0.151 e. The van der Waals surface area contributed by atoms with E-state index >= 15 is 0 Å². The minimum atomic E-state index is 0.790. The molecule has 0 radical (unpaired) electrons. The first-order valence-electron chi connectivity index (χ1n) is 6.19. The number of rotatable bonds is 7. The van der Waals surface area contributed by atoms with Crippen LogP contribution in [-0.2, 0) is 0 Å². The summed E-state index contributed by atoms with van der Waals surface area (Å²) in [4.78, 5) is 13.0. The Morgan fingerprint density at radius 2 is 2.06 bits per heavy atom. The van der Waals surface area contributed by atoms with Crippen molar-refractivity contribution in [3.63, 3.8) is 0 Å². The molecule has 0 N–H and O–H groups in total. The summed E-state index contributed by atoms with van der Waals surface area (Å²) in [5.74, 6) is 1.87. The van der Waals surface area contributed by atoms with Crippen LogP contribution in [0.15, 0.2) is 26.8 Å². The van der Waals surface area contributed by atoms with Gasteiger partial charge in [-0.25, -0.2) is 4.99 Å². The molecule has 3 nitrogen and oxygen atoms in total. The van der Waals surface area contributed by atoms with E-state index in [1.807, 2.05) is 13.8 Å². The van der Waals surface area contributed by atoms with E-state index < -0.39 is 0 Å². The lowest BCUT2D eigenvalue weighted by molar-refractivity contribution is 0.970. The van der Waals surface area contributed by atoms with Crippen molar-refractivity contribution in [2.24, 2.45) is 15.0 Å². The number of nitrogens with zero attached hydrogens (tertiary/aromatic N) is 3. The number of amidine groups is 1. The highest BCUT2D eigenvalue weighted by Crippen LogP contribution is 2.14. The molecule has 0 fully saturated rings. The van der Waals surface area contributed by atoms with Crippen LogP contribution in [0.1, 0.15) is 40.0 Å². The molecule has 0 aliphatic heterocycles. The molecule has 0 heterocycles. The maximum atomic E-state index is 4.68.